The second-order valence-corrected chi connectivity index (χ2v) is 9.48. The van der Waals surface area contributed by atoms with Gasteiger partial charge in [-0.15, -0.1) is 0 Å². The summed E-state index contributed by atoms with van der Waals surface area (Å²) in [6, 6.07) is 14.6. The number of nitro benzene ring substituents is 1. The average molecular weight is 464 g/mol. The lowest BCUT2D eigenvalue weighted by molar-refractivity contribution is -0.384. The zero-order chi connectivity index (χ0) is 24.3. The number of H-pyrrole nitrogens is 1. The highest BCUT2D eigenvalue weighted by Gasteiger charge is 2.34. The molecule has 0 fully saturated rings. The molecule has 1 aliphatic rings. The fourth-order valence-corrected chi connectivity index (χ4v) is 4.18. The van der Waals surface area contributed by atoms with Crippen LogP contribution in [0.25, 0.3) is 0 Å². The number of aromatic nitrogens is 2. The van der Waals surface area contributed by atoms with Crippen LogP contribution in [0.3, 0.4) is 0 Å². The number of amides is 1. The molecule has 2 aromatic carbocycles. The molecule has 1 N–H and O–H groups in total. The highest BCUT2D eigenvalue weighted by atomic mass is 16.6. The summed E-state index contributed by atoms with van der Waals surface area (Å²) < 4.78 is 5.76. The van der Waals surface area contributed by atoms with Crippen molar-refractivity contribution in [1.82, 2.24) is 14.9 Å². The SMILES string of the molecule is CC(C)(C)OC(=O)N1Cc2ccc([N+](=O)[O-])cc2N(Cc2cnc[nH]2)CC1Cc1ccccc1. The summed E-state index contributed by atoms with van der Waals surface area (Å²) in [5, 5.41) is 11.5. The number of non-ortho nitro benzene ring substituents is 1. The number of fused-ring (bicyclic) bond motifs is 1. The number of rotatable bonds is 5. The Kier molecular flexibility index (Phi) is 6.54. The third kappa shape index (κ3) is 5.54. The minimum atomic E-state index is -0.644. The molecule has 1 amide bonds. The molecule has 0 bridgehead atoms. The number of nitrogens with one attached hydrogen (secondary N) is 1. The maximum absolute atomic E-state index is 13.3. The Hall–Kier alpha value is -3.88. The quantitative estimate of drug-likeness (QED) is 0.435. The van der Waals surface area contributed by atoms with Gasteiger partial charge in [0.05, 0.1) is 36.1 Å². The number of carbonyl (C=O) groups is 1. The predicted molar refractivity (Wildman–Crippen MR) is 128 cm³/mol. The van der Waals surface area contributed by atoms with Gasteiger partial charge in [0.25, 0.3) is 5.69 Å². The summed E-state index contributed by atoms with van der Waals surface area (Å²) in [5.74, 6) is 0. The van der Waals surface area contributed by atoms with Crippen molar-refractivity contribution < 1.29 is 14.5 Å². The Balaban J connectivity index is 1.76. The summed E-state index contributed by atoms with van der Waals surface area (Å²) in [5.41, 5.74) is 2.90. The van der Waals surface area contributed by atoms with Crippen LogP contribution in [0.2, 0.25) is 0 Å². The number of carbonyl (C=O) groups excluding carboxylic acids is 1. The number of imidazole rings is 1. The van der Waals surface area contributed by atoms with Gasteiger partial charge in [0.1, 0.15) is 5.60 Å². The lowest BCUT2D eigenvalue weighted by Gasteiger charge is -2.34. The van der Waals surface area contributed by atoms with Crippen LogP contribution in [0.5, 0.6) is 0 Å². The topological polar surface area (TPSA) is 105 Å². The van der Waals surface area contributed by atoms with Crippen molar-refractivity contribution in [1.29, 1.82) is 0 Å². The van der Waals surface area contributed by atoms with Gasteiger partial charge in [-0.05, 0) is 44.4 Å². The summed E-state index contributed by atoms with van der Waals surface area (Å²) in [6.45, 7) is 6.77. The summed E-state index contributed by atoms with van der Waals surface area (Å²) in [6.07, 6.45) is 3.56. The molecule has 1 atom stereocenters. The van der Waals surface area contributed by atoms with E-state index in [9.17, 15) is 14.9 Å². The molecule has 0 saturated carbocycles. The van der Waals surface area contributed by atoms with Gasteiger partial charge in [0.15, 0.2) is 0 Å². The molecular formula is C25H29N5O4. The Bertz CT molecular complexity index is 1140. The van der Waals surface area contributed by atoms with E-state index in [1.54, 1.807) is 29.6 Å². The van der Waals surface area contributed by atoms with Crippen molar-refractivity contribution in [2.45, 2.75) is 51.9 Å². The number of anilines is 1. The zero-order valence-corrected chi connectivity index (χ0v) is 19.6. The number of hydrogen-bond donors (Lipinski definition) is 1. The highest BCUT2D eigenvalue weighted by Crippen LogP contribution is 2.33. The average Bonchev–Trinajstić information content (AvgIpc) is 3.23. The van der Waals surface area contributed by atoms with Gasteiger partial charge in [0.2, 0.25) is 0 Å². The summed E-state index contributed by atoms with van der Waals surface area (Å²) in [7, 11) is 0. The minimum absolute atomic E-state index is 0.0127. The maximum atomic E-state index is 13.3. The molecule has 0 spiro atoms. The normalized spacial score (nSPS) is 16.0. The van der Waals surface area contributed by atoms with Crippen molar-refractivity contribution in [2.24, 2.45) is 0 Å². The van der Waals surface area contributed by atoms with Crippen LogP contribution >= 0.6 is 0 Å². The first-order valence-corrected chi connectivity index (χ1v) is 11.2. The van der Waals surface area contributed by atoms with Gasteiger partial charge in [-0.1, -0.05) is 30.3 Å². The molecule has 0 aliphatic carbocycles. The van der Waals surface area contributed by atoms with Gasteiger partial charge in [0, 0.05) is 30.6 Å². The molecule has 3 aromatic rings. The van der Waals surface area contributed by atoms with Crippen LogP contribution in [0.1, 0.15) is 37.6 Å². The van der Waals surface area contributed by atoms with Crippen molar-refractivity contribution in [3.63, 3.8) is 0 Å². The van der Waals surface area contributed by atoms with Crippen molar-refractivity contribution in [2.75, 3.05) is 11.4 Å². The number of hydrogen-bond acceptors (Lipinski definition) is 6. The maximum Gasteiger partial charge on any atom is 0.410 e. The summed E-state index contributed by atoms with van der Waals surface area (Å²) >= 11 is 0. The molecule has 0 radical (unpaired) electrons. The monoisotopic (exact) mass is 463 g/mol. The number of aromatic amines is 1. The van der Waals surface area contributed by atoms with E-state index in [-0.39, 0.29) is 11.7 Å². The lowest BCUT2D eigenvalue weighted by Crippen LogP contribution is -2.47. The second-order valence-electron chi connectivity index (χ2n) is 9.48. The Morgan fingerprint density at radius 3 is 2.65 bits per heavy atom. The molecule has 1 aliphatic heterocycles. The van der Waals surface area contributed by atoms with E-state index >= 15 is 0 Å². The van der Waals surface area contributed by atoms with E-state index in [4.69, 9.17) is 4.74 Å². The highest BCUT2D eigenvalue weighted by molar-refractivity contribution is 5.71. The molecule has 9 nitrogen and oxygen atoms in total. The Morgan fingerprint density at radius 2 is 2.00 bits per heavy atom. The molecule has 34 heavy (non-hydrogen) atoms. The fraction of sp³-hybridized carbons (Fsp3) is 0.360. The first-order valence-electron chi connectivity index (χ1n) is 11.2. The van der Waals surface area contributed by atoms with Crippen LogP contribution in [0.15, 0.2) is 61.1 Å². The number of nitrogens with zero attached hydrogens (tertiary/aromatic N) is 4. The predicted octanol–water partition coefficient (Wildman–Crippen LogP) is 4.69. The molecule has 1 unspecified atom stereocenters. The molecule has 9 heteroatoms. The molecule has 1 aromatic heterocycles. The largest absolute Gasteiger partial charge is 0.444 e. The first-order chi connectivity index (χ1) is 16.2. The van der Waals surface area contributed by atoms with E-state index in [1.807, 2.05) is 51.1 Å². The molecule has 0 saturated heterocycles. The van der Waals surface area contributed by atoms with Gasteiger partial charge < -0.3 is 14.6 Å². The smallest absolute Gasteiger partial charge is 0.410 e. The fourth-order valence-electron chi connectivity index (χ4n) is 4.18. The van der Waals surface area contributed by atoms with Crippen molar-refractivity contribution in [3.8, 4) is 0 Å². The Labute approximate surface area is 198 Å². The third-order valence-corrected chi connectivity index (χ3v) is 5.69. The lowest BCUT2D eigenvalue weighted by atomic mass is 10.0. The van der Waals surface area contributed by atoms with E-state index < -0.39 is 16.6 Å². The first kappa shape index (κ1) is 23.3. The molecular weight excluding hydrogens is 434 g/mol. The van der Waals surface area contributed by atoms with Crippen LogP contribution in [-0.4, -0.2) is 44.1 Å². The third-order valence-electron chi connectivity index (χ3n) is 5.69. The van der Waals surface area contributed by atoms with Gasteiger partial charge in [-0.25, -0.2) is 9.78 Å². The van der Waals surface area contributed by atoms with Gasteiger partial charge >= 0.3 is 6.09 Å². The van der Waals surface area contributed by atoms with Crippen LogP contribution in [0, 0.1) is 10.1 Å². The van der Waals surface area contributed by atoms with Gasteiger partial charge in [-0.3, -0.25) is 15.0 Å². The zero-order valence-electron chi connectivity index (χ0n) is 19.6. The minimum Gasteiger partial charge on any atom is -0.444 e. The molecule has 4 rings (SSSR count). The van der Waals surface area contributed by atoms with Crippen LogP contribution < -0.4 is 4.90 Å². The van der Waals surface area contributed by atoms with Crippen molar-refractivity contribution >= 4 is 17.5 Å². The second kappa shape index (κ2) is 9.54. The van der Waals surface area contributed by atoms with Crippen molar-refractivity contribution in [3.05, 3.63) is 88.0 Å². The number of ether oxygens (including phenoxy) is 1. The van der Waals surface area contributed by atoms with Gasteiger partial charge in [-0.2, -0.15) is 0 Å². The van der Waals surface area contributed by atoms with E-state index in [1.165, 1.54) is 6.07 Å². The van der Waals surface area contributed by atoms with E-state index in [2.05, 4.69) is 14.9 Å². The van der Waals surface area contributed by atoms with Crippen LogP contribution in [0.4, 0.5) is 16.2 Å². The standard InChI is InChI=1S/C25H29N5O4/c1-25(2,3)34-24(31)29-14-19-9-10-21(30(32)33)12-23(19)28(15-20-13-26-17-27-20)16-22(29)11-18-7-5-4-6-8-18/h4-10,12-13,17,22H,11,14-16H2,1-3H3,(H,26,27). The summed E-state index contributed by atoms with van der Waals surface area (Å²) in [4.78, 5) is 35.5. The van der Waals surface area contributed by atoms with Crippen LogP contribution in [-0.2, 0) is 24.2 Å². The number of nitro groups is 1. The van der Waals surface area contributed by atoms with E-state index in [0.717, 1.165) is 22.5 Å². The van der Waals surface area contributed by atoms with E-state index in [0.29, 0.717) is 26.1 Å². The number of benzene rings is 2. The Morgan fingerprint density at radius 1 is 1.24 bits per heavy atom. The molecule has 178 valence electrons. The molecule has 2 heterocycles.